The first-order chi connectivity index (χ1) is 13.9. The summed E-state index contributed by atoms with van der Waals surface area (Å²) in [5.41, 5.74) is 1.48. The summed E-state index contributed by atoms with van der Waals surface area (Å²) in [6.07, 6.45) is -2.09. The molecule has 4 N–H and O–H groups in total. The molecule has 0 aliphatic heterocycles. The molecular weight excluding hydrogens is 376 g/mol. The van der Waals surface area contributed by atoms with Crippen LogP contribution in [0.4, 0.5) is 4.79 Å². The number of hydrogen-bond acceptors (Lipinski definition) is 5. The van der Waals surface area contributed by atoms with Gasteiger partial charge in [0.2, 0.25) is 5.91 Å². The summed E-state index contributed by atoms with van der Waals surface area (Å²) in [5, 5.41) is 23.9. The van der Waals surface area contributed by atoms with Crippen molar-refractivity contribution in [3.05, 3.63) is 71.8 Å². The molecule has 2 amide bonds. The van der Waals surface area contributed by atoms with E-state index in [2.05, 4.69) is 10.6 Å². The van der Waals surface area contributed by atoms with Crippen LogP contribution in [0.15, 0.2) is 60.7 Å². The van der Waals surface area contributed by atoms with Crippen LogP contribution in [-0.4, -0.2) is 46.4 Å². The van der Waals surface area contributed by atoms with Crippen molar-refractivity contribution in [2.45, 2.75) is 38.1 Å². The lowest BCUT2D eigenvalue weighted by molar-refractivity contribution is -0.142. The molecule has 2 aromatic rings. The predicted molar refractivity (Wildman–Crippen MR) is 105 cm³/mol. The highest BCUT2D eigenvalue weighted by molar-refractivity contribution is 5.89. The fraction of sp³-hybridized carbons (Fsp3) is 0.286. The van der Waals surface area contributed by atoms with E-state index in [0.29, 0.717) is 0 Å². The van der Waals surface area contributed by atoms with Crippen molar-refractivity contribution < 1.29 is 29.3 Å². The quantitative estimate of drug-likeness (QED) is 0.505. The van der Waals surface area contributed by atoms with E-state index in [1.807, 2.05) is 6.07 Å². The highest BCUT2D eigenvalue weighted by atomic mass is 16.5. The smallest absolute Gasteiger partial charge is 0.408 e. The Morgan fingerprint density at radius 2 is 1.48 bits per heavy atom. The Labute approximate surface area is 168 Å². The van der Waals surface area contributed by atoms with Gasteiger partial charge in [-0.15, -0.1) is 0 Å². The molecule has 0 radical (unpaired) electrons. The Kier molecular flexibility index (Phi) is 8.17. The molecule has 0 saturated carbocycles. The molecule has 154 valence electrons. The number of rotatable bonds is 9. The van der Waals surface area contributed by atoms with Gasteiger partial charge in [-0.1, -0.05) is 60.7 Å². The number of carboxylic acid groups (broad SMARTS) is 1. The number of ether oxygens (including phenoxy) is 1. The van der Waals surface area contributed by atoms with Gasteiger partial charge in [-0.2, -0.15) is 0 Å². The van der Waals surface area contributed by atoms with Gasteiger partial charge in [0.25, 0.3) is 0 Å². The number of hydrogen-bond donors (Lipinski definition) is 4. The number of amides is 2. The summed E-state index contributed by atoms with van der Waals surface area (Å²) in [7, 11) is 0. The zero-order valence-electron chi connectivity index (χ0n) is 15.9. The van der Waals surface area contributed by atoms with Crippen molar-refractivity contribution in [3.63, 3.8) is 0 Å². The van der Waals surface area contributed by atoms with E-state index in [9.17, 15) is 24.6 Å². The molecule has 0 aliphatic carbocycles. The van der Waals surface area contributed by atoms with Crippen LogP contribution in [0.5, 0.6) is 0 Å². The Bertz CT molecular complexity index is 810. The van der Waals surface area contributed by atoms with Crippen LogP contribution in [-0.2, 0) is 27.4 Å². The number of aliphatic carboxylic acids is 1. The predicted octanol–water partition coefficient (Wildman–Crippen LogP) is 1.47. The van der Waals surface area contributed by atoms with E-state index in [4.69, 9.17) is 4.74 Å². The van der Waals surface area contributed by atoms with Crippen molar-refractivity contribution >= 4 is 18.0 Å². The summed E-state index contributed by atoms with van der Waals surface area (Å²) >= 11 is 0. The average molecular weight is 400 g/mol. The highest BCUT2D eigenvalue weighted by Crippen LogP contribution is 2.05. The van der Waals surface area contributed by atoms with Gasteiger partial charge in [0.15, 0.2) is 0 Å². The Balaban J connectivity index is 1.96. The van der Waals surface area contributed by atoms with E-state index in [1.54, 1.807) is 54.6 Å². The molecular formula is C21H24N2O6. The number of carboxylic acids is 1. The third kappa shape index (κ3) is 7.27. The molecule has 3 atom stereocenters. The third-order valence-electron chi connectivity index (χ3n) is 4.15. The van der Waals surface area contributed by atoms with Crippen molar-refractivity contribution in [2.75, 3.05) is 0 Å². The maximum absolute atomic E-state index is 12.5. The Morgan fingerprint density at radius 1 is 0.931 bits per heavy atom. The summed E-state index contributed by atoms with van der Waals surface area (Å²) in [5.74, 6) is -2.04. The minimum atomic E-state index is -1.36. The van der Waals surface area contributed by atoms with Gasteiger partial charge in [-0.25, -0.2) is 9.59 Å². The van der Waals surface area contributed by atoms with Crippen LogP contribution in [0.1, 0.15) is 18.1 Å². The largest absolute Gasteiger partial charge is 0.480 e. The highest BCUT2D eigenvalue weighted by Gasteiger charge is 2.30. The second kappa shape index (κ2) is 10.8. The molecule has 2 rings (SSSR count). The molecule has 8 heteroatoms. The lowest BCUT2D eigenvalue weighted by Crippen LogP contribution is -2.56. The lowest BCUT2D eigenvalue weighted by atomic mass is 10.0. The minimum absolute atomic E-state index is 0.00736. The van der Waals surface area contributed by atoms with Crippen molar-refractivity contribution in [1.82, 2.24) is 10.6 Å². The maximum Gasteiger partial charge on any atom is 0.408 e. The number of carbonyl (C=O) groups is 3. The number of nitrogens with one attached hydrogen (secondary N) is 2. The first-order valence-electron chi connectivity index (χ1n) is 9.09. The molecule has 0 spiro atoms. The van der Waals surface area contributed by atoms with Crippen molar-refractivity contribution in [3.8, 4) is 0 Å². The van der Waals surface area contributed by atoms with Gasteiger partial charge >= 0.3 is 12.1 Å². The average Bonchev–Trinajstić information content (AvgIpc) is 2.71. The zero-order valence-corrected chi connectivity index (χ0v) is 15.9. The van der Waals surface area contributed by atoms with Gasteiger partial charge in [-0.3, -0.25) is 4.79 Å². The van der Waals surface area contributed by atoms with Crippen LogP contribution >= 0.6 is 0 Å². The third-order valence-corrected chi connectivity index (χ3v) is 4.15. The van der Waals surface area contributed by atoms with Crippen LogP contribution in [0.3, 0.4) is 0 Å². The summed E-state index contributed by atoms with van der Waals surface area (Å²) in [6.45, 7) is 1.31. The van der Waals surface area contributed by atoms with Gasteiger partial charge in [0.05, 0.1) is 6.10 Å². The second-order valence-electron chi connectivity index (χ2n) is 6.51. The van der Waals surface area contributed by atoms with Gasteiger partial charge in [-0.05, 0) is 18.1 Å². The molecule has 0 saturated heterocycles. The molecule has 0 heterocycles. The standard InChI is InChI=1S/C21H24N2O6/c1-14(24)18(23-21(28)29-13-16-10-6-3-7-11-16)19(25)22-17(20(26)27)12-15-8-4-2-5-9-15/h2-11,14,17-18,24H,12-13H2,1H3,(H,22,25)(H,23,28)(H,26,27)/t14-,17-,18-/m0/s1. The van der Waals surface area contributed by atoms with Gasteiger partial charge in [0.1, 0.15) is 18.7 Å². The van der Waals surface area contributed by atoms with Gasteiger partial charge < -0.3 is 25.6 Å². The minimum Gasteiger partial charge on any atom is -0.480 e. The van der Waals surface area contributed by atoms with Gasteiger partial charge in [0, 0.05) is 6.42 Å². The molecule has 8 nitrogen and oxygen atoms in total. The SMILES string of the molecule is C[C@H](O)[C@H](NC(=O)OCc1ccccc1)C(=O)N[C@@H](Cc1ccccc1)C(=O)O. The van der Waals surface area contributed by atoms with Crippen LogP contribution in [0.2, 0.25) is 0 Å². The van der Waals surface area contributed by atoms with Crippen LogP contribution in [0, 0.1) is 0 Å². The summed E-state index contributed by atoms with van der Waals surface area (Å²) in [6, 6.07) is 15.2. The topological polar surface area (TPSA) is 125 Å². The van der Waals surface area contributed by atoms with E-state index < -0.39 is 36.2 Å². The Morgan fingerprint density at radius 3 is 2.00 bits per heavy atom. The number of aliphatic hydroxyl groups excluding tert-OH is 1. The van der Waals surface area contributed by atoms with Crippen LogP contribution < -0.4 is 10.6 Å². The first-order valence-corrected chi connectivity index (χ1v) is 9.09. The number of alkyl carbamates (subject to hydrolysis) is 1. The number of aliphatic hydroxyl groups is 1. The second-order valence-corrected chi connectivity index (χ2v) is 6.51. The van der Waals surface area contributed by atoms with E-state index >= 15 is 0 Å². The number of carbonyl (C=O) groups excluding carboxylic acids is 2. The van der Waals surface area contributed by atoms with Crippen LogP contribution in [0.25, 0.3) is 0 Å². The molecule has 2 aromatic carbocycles. The molecule has 0 aromatic heterocycles. The molecule has 0 bridgehead atoms. The van der Waals surface area contributed by atoms with E-state index in [-0.39, 0.29) is 13.0 Å². The zero-order chi connectivity index (χ0) is 21.2. The fourth-order valence-electron chi connectivity index (χ4n) is 2.61. The molecule has 0 fully saturated rings. The summed E-state index contributed by atoms with van der Waals surface area (Å²) in [4.78, 5) is 36.0. The van der Waals surface area contributed by atoms with Crippen molar-refractivity contribution in [2.24, 2.45) is 0 Å². The van der Waals surface area contributed by atoms with Crippen molar-refractivity contribution in [1.29, 1.82) is 0 Å². The summed E-state index contributed by atoms with van der Waals surface area (Å²) < 4.78 is 5.05. The Hall–Kier alpha value is -3.39. The number of benzene rings is 2. The first kappa shape index (κ1) is 21.9. The monoisotopic (exact) mass is 400 g/mol. The lowest BCUT2D eigenvalue weighted by Gasteiger charge is -2.23. The van der Waals surface area contributed by atoms with E-state index in [1.165, 1.54) is 6.92 Å². The molecule has 0 aliphatic rings. The molecule has 29 heavy (non-hydrogen) atoms. The fourth-order valence-corrected chi connectivity index (χ4v) is 2.61. The normalized spacial score (nSPS) is 13.6. The van der Waals surface area contributed by atoms with E-state index in [0.717, 1.165) is 11.1 Å². The maximum atomic E-state index is 12.5. The molecule has 0 unspecified atom stereocenters.